The van der Waals surface area contributed by atoms with Gasteiger partial charge in [0, 0.05) is 35.9 Å². The monoisotopic (exact) mass is 430 g/mol. The van der Waals surface area contributed by atoms with Gasteiger partial charge in [-0.3, -0.25) is 4.90 Å². The maximum atomic E-state index is 5.90. The van der Waals surface area contributed by atoms with E-state index in [9.17, 15) is 0 Å². The van der Waals surface area contributed by atoms with Crippen LogP contribution in [0.2, 0.25) is 0 Å². The van der Waals surface area contributed by atoms with Crippen molar-refractivity contribution >= 4 is 16.6 Å². The molecule has 3 N–H and O–H groups in total. The van der Waals surface area contributed by atoms with Gasteiger partial charge in [0.05, 0.1) is 6.04 Å². The molecule has 1 saturated heterocycles. The molecule has 0 saturated carbocycles. The number of aromatic nitrogens is 1. The minimum atomic E-state index is 0.162. The van der Waals surface area contributed by atoms with Crippen LogP contribution in [0.15, 0.2) is 67.3 Å². The summed E-state index contributed by atoms with van der Waals surface area (Å²) < 4.78 is 5.90. The molecule has 3 aromatic rings. The molecule has 5 nitrogen and oxygen atoms in total. The van der Waals surface area contributed by atoms with E-state index in [0.717, 1.165) is 47.5 Å². The van der Waals surface area contributed by atoms with E-state index in [2.05, 4.69) is 59.3 Å². The van der Waals surface area contributed by atoms with Gasteiger partial charge in [0.1, 0.15) is 17.9 Å². The van der Waals surface area contributed by atoms with Crippen LogP contribution < -0.4 is 15.8 Å². The lowest BCUT2D eigenvalue weighted by molar-refractivity contribution is 0.147. The predicted molar refractivity (Wildman–Crippen MR) is 133 cm³/mol. The molecule has 2 atom stereocenters. The third kappa shape index (κ3) is 4.95. The second-order valence-electron chi connectivity index (χ2n) is 8.48. The predicted octanol–water partition coefficient (Wildman–Crippen LogP) is 5.07. The van der Waals surface area contributed by atoms with Gasteiger partial charge in [-0.2, -0.15) is 0 Å². The van der Waals surface area contributed by atoms with Gasteiger partial charge in [0.25, 0.3) is 0 Å². The third-order valence-corrected chi connectivity index (χ3v) is 6.19. The molecule has 1 unspecified atom stereocenters. The van der Waals surface area contributed by atoms with Gasteiger partial charge in [0.15, 0.2) is 0 Å². The van der Waals surface area contributed by atoms with Crippen LogP contribution in [0.5, 0.6) is 5.75 Å². The maximum absolute atomic E-state index is 5.90. The van der Waals surface area contributed by atoms with Crippen LogP contribution in [0.25, 0.3) is 10.9 Å². The number of anilines is 1. The minimum absolute atomic E-state index is 0.162. The molecule has 1 aliphatic rings. The van der Waals surface area contributed by atoms with Crippen molar-refractivity contribution in [2.24, 2.45) is 5.73 Å². The fourth-order valence-electron chi connectivity index (χ4n) is 4.77. The second-order valence-corrected chi connectivity index (χ2v) is 8.48. The summed E-state index contributed by atoms with van der Waals surface area (Å²) in [5.74, 6) is 0.780. The Labute approximate surface area is 191 Å². The summed E-state index contributed by atoms with van der Waals surface area (Å²) in [6.45, 7) is 9.00. The highest BCUT2D eigenvalue weighted by Gasteiger charge is 2.31. The number of para-hydroxylation sites is 1. The van der Waals surface area contributed by atoms with Crippen LogP contribution in [0.1, 0.15) is 36.6 Å². The standard InChI is InChI=1S/C27H34N4O/c1-3-16-31-17-8-7-13-24(31)26(21-10-5-4-6-11-21)30-23-19-20(2)29-27-22(23)12-9-14-25(27)32-18-15-28/h3-6,9-12,14,19,24,26H,1,7-8,13,15-18,28H2,2H3,(H,29,30)/t24?,26-/m0/s1. The number of hydrogen-bond acceptors (Lipinski definition) is 5. The molecular formula is C27H34N4O. The fourth-order valence-corrected chi connectivity index (χ4v) is 4.77. The first-order chi connectivity index (χ1) is 15.7. The number of hydrogen-bond donors (Lipinski definition) is 2. The van der Waals surface area contributed by atoms with E-state index in [1.54, 1.807) is 0 Å². The first kappa shape index (κ1) is 22.3. The first-order valence-corrected chi connectivity index (χ1v) is 11.6. The average Bonchev–Trinajstić information content (AvgIpc) is 2.82. The van der Waals surface area contributed by atoms with Crippen molar-refractivity contribution in [3.8, 4) is 5.75 Å². The van der Waals surface area contributed by atoms with Crippen LogP contribution in [0.4, 0.5) is 5.69 Å². The SMILES string of the molecule is C=CCN1CCCCC1[C@@H](Nc1cc(C)nc2c(OCCN)cccc12)c1ccccc1. The van der Waals surface area contributed by atoms with Gasteiger partial charge < -0.3 is 15.8 Å². The molecule has 4 rings (SSSR count). The largest absolute Gasteiger partial charge is 0.490 e. The quantitative estimate of drug-likeness (QED) is 0.464. The zero-order valence-electron chi connectivity index (χ0n) is 19.0. The lowest BCUT2D eigenvalue weighted by atomic mass is 9.90. The highest BCUT2D eigenvalue weighted by molar-refractivity contribution is 5.95. The fraction of sp³-hybridized carbons (Fsp3) is 0.370. The molecule has 0 amide bonds. The van der Waals surface area contributed by atoms with Crippen LogP contribution in [-0.2, 0) is 0 Å². The molecule has 0 radical (unpaired) electrons. The molecule has 168 valence electrons. The topological polar surface area (TPSA) is 63.4 Å². The van der Waals surface area contributed by atoms with Crippen molar-refractivity contribution in [2.45, 2.75) is 38.3 Å². The highest BCUT2D eigenvalue weighted by Crippen LogP contribution is 2.36. The molecule has 5 heteroatoms. The Hall–Kier alpha value is -2.89. The molecular weight excluding hydrogens is 396 g/mol. The number of aryl methyl sites for hydroxylation is 1. The number of nitrogens with two attached hydrogens (primary N) is 1. The normalized spacial score (nSPS) is 17.8. The van der Waals surface area contributed by atoms with Gasteiger partial charge in [-0.1, -0.05) is 55.0 Å². The maximum Gasteiger partial charge on any atom is 0.145 e. The Morgan fingerprint density at radius 3 is 2.84 bits per heavy atom. The van der Waals surface area contributed by atoms with E-state index in [4.69, 9.17) is 15.5 Å². The van der Waals surface area contributed by atoms with E-state index < -0.39 is 0 Å². The smallest absolute Gasteiger partial charge is 0.145 e. The first-order valence-electron chi connectivity index (χ1n) is 11.6. The average molecular weight is 431 g/mol. The molecule has 32 heavy (non-hydrogen) atoms. The van der Waals surface area contributed by atoms with E-state index in [1.807, 2.05) is 25.1 Å². The number of nitrogens with one attached hydrogen (secondary N) is 1. The van der Waals surface area contributed by atoms with E-state index in [1.165, 1.54) is 18.4 Å². The number of benzene rings is 2. The highest BCUT2D eigenvalue weighted by atomic mass is 16.5. The van der Waals surface area contributed by atoms with Crippen molar-refractivity contribution in [3.63, 3.8) is 0 Å². The molecule has 0 aliphatic carbocycles. The Morgan fingerprint density at radius 2 is 2.06 bits per heavy atom. The number of ether oxygens (including phenoxy) is 1. The third-order valence-electron chi connectivity index (χ3n) is 6.19. The molecule has 0 spiro atoms. The number of likely N-dealkylation sites (tertiary alicyclic amines) is 1. The summed E-state index contributed by atoms with van der Waals surface area (Å²) in [5, 5.41) is 4.99. The molecule has 2 aromatic carbocycles. The van der Waals surface area contributed by atoms with Gasteiger partial charge in [-0.15, -0.1) is 6.58 Å². The molecule has 2 heterocycles. The second kappa shape index (κ2) is 10.6. The van der Waals surface area contributed by atoms with Crippen LogP contribution in [-0.4, -0.2) is 42.2 Å². The van der Waals surface area contributed by atoms with Gasteiger partial charge in [-0.25, -0.2) is 4.98 Å². The van der Waals surface area contributed by atoms with Gasteiger partial charge in [0.2, 0.25) is 0 Å². The lowest BCUT2D eigenvalue weighted by Gasteiger charge is -2.41. The zero-order valence-corrected chi connectivity index (χ0v) is 19.0. The van der Waals surface area contributed by atoms with Gasteiger partial charge >= 0.3 is 0 Å². The summed E-state index contributed by atoms with van der Waals surface area (Å²) >= 11 is 0. The van der Waals surface area contributed by atoms with Gasteiger partial charge in [-0.05, 0) is 44.0 Å². The van der Waals surface area contributed by atoms with E-state index in [-0.39, 0.29) is 6.04 Å². The van der Waals surface area contributed by atoms with E-state index in [0.29, 0.717) is 19.2 Å². The lowest BCUT2D eigenvalue weighted by Crippen LogP contribution is -2.45. The van der Waals surface area contributed by atoms with Crippen LogP contribution in [0.3, 0.4) is 0 Å². The number of fused-ring (bicyclic) bond motifs is 1. The summed E-state index contributed by atoms with van der Waals surface area (Å²) in [4.78, 5) is 7.36. The molecule has 1 aliphatic heterocycles. The number of piperidine rings is 1. The van der Waals surface area contributed by atoms with Crippen molar-refractivity contribution in [2.75, 3.05) is 31.6 Å². The summed E-state index contributed by atoms with van der Waals surface area (Å²) in [6, 6.07) is 19.6. The molecule has 1 fully saturated rings. The Bertz CT molecular complexity index is 1040. The summed E-state index contributed by atoms with van der Waals surface area (Å²) in [6.07, 6.45) is 5.67. The number of pyridine rings is 1. The Kier molecular flexibility index (Phi) is 7.40. The Morgan fingerprint density at radius 1 is 1.22 bits per heavy atom. The molecule has 1 aromatic heterocycles. The minimum Gasteiger partial charge on any atom is -0.490 e. The summed E-state index contributed by atoms with van der Waals surface area (Å²) in [5.41, 5.74) is 9.88. The zero-order chi connectivity index (χ0) is 22.3. The van der Waals surface area contributed by atoms with E-state index >= 15 is 0 Å². The number of nitrogens with zero attached hydrogens (tertiary/aromatic N) is 2. The van der Waals surface area contributed by atoms with Crippen molar-refractivity contribution < 1.29 is 4.74 Å². The molecule has 0 bridgehead atoms. The van der Waals surface area contributed by atoms with Crippen molar-refractivity contribution in [1.82, 2.24) is 9.88 Å². The van der Waals surface area contributed by atoms with Crippen molar-refractivity contribution in [1.29, 1.82) is 0 Å². The number of rotatable bonds is 9. The summed E-state index contributed by atoms with van der Waals surface area (Å²) in [7, 11) is 0. The van der Waals surface area contributed by atoms with Crippen LogP contribution in [0, 0.1) is 6.92 Å². The van der Waals surface area contributed by atoms with Crippen molar-refractivity contribution in [3.05, 3.63) is 78.5 Å². The van der Waals surface area contributed by atoms with Crippen LogP contribution >= 0.6 is 0 Å². The Balaban J connectivity index is 1.76.